The average Bonchev–Trinajstić information content (AvgIpc) is 2.95. The maximum atomic E-state index is 12.3. The number of alkyl halides is 2. The first-order valence-corrected chi connectivity index (χ1v) is 7.69. The highest BCUT2D eigenvalue weighted by Gasteiger charge is 2.41. The quantitative estimate of drug-likeness (QED) is 0.851. The van der Waals surface area contributed by atoms with E-state index in [1.165, 1.54) is 0 Å². The summed E-state index contributed by atoms with van der Waals surface area (Å²) >= 11 is 0. The molecule has 1 aliphatic heterocycles. The van der Waals surface area contributed by atoms with Gasteiger partial charge < -0.3 is 5.11 Å². The Morgan fingerprint density at radius 2 is 2.19 bits per heavy atom. The van der Waals surface area contributed by atoms with Crippen LogP contribution in [-0.4, -0.2) is 53.1 Å². The first-order valence-electron chi connectivity index (χ1n) is 6.25. The Morgan fingerprint density at radius 3 is 2.71 bits per heavy atom. The normalized spacial score (nSPS) is 23.8. The Bertz CT molecular complexity index is 631. The molecule has 0 radical (unpaired) electrons. The molecule has 0 aliphatic carbocycles. The van der Waals surface area contributed by atoms with Crippen LogP contribution in [0.2, 0.25) is 0 Å². The van der Waals surface area contributed by atoms with Gasteiger partial charge in [-0.2, -0.15) is 9.40 Å². The van der Waals surface area contributed by atoms with Crippen molar-refractivity contribution in [3.63, 3.8) is 0 Å². The summed E-state index contributed by atoms with van der Waals surface area (Å²) in [6.07, 6.45) is -0.611. The fourth-order valence-electron chi connectivity index (χ4n) is 2.31. The van der Waals surface area contributed by atoms with Crippen LogP contribution in [0.4, 0.5) is 8.78 Å². The molecule has 10 heteroatoms. The van der Waals surface area contributed by atoms with Crippen LogP contribution in [0.1, 0.15) is 6.92 Å². The first kappa shape index (κ1) is 15.8. The van der Waals surface area contributed by atoms with E-state index in [0.717, 1.165) is 21.4 Å². The number of hydrogen-bond donors (Lipinski definition) is 1. The van der Waals surface area contributed by atoms with Crippen molar-refractivity contribution in [1.82, 2.24) is 14.1 Å². The van der Waals surface area contributed by atoms with E-state index in [9.17, 15) is 22.0 Å². The van der Waals surface area contributed by atoms with Crippen molar-refractivity contribution >= 4 is 16.0 Å². The molecule has 0 bridgehead atoms. The second-order valence-corrected chi connectivity index (χ2v) is 6.97. The van der Waals surface area contributed by atoms with Crippen molar-refractivity contribution in [1.29, 1.82) is 0 Å². The van der Waals surface area contributed by atoms with Gasteiger partial charge >= 0.3 is 5.97 Å². The van der Waals surface area contributed by atoms with Crippen LogP contribution in [-0.2, 0) is 21.4 Å². The third-order valence-corrected chi connectivity index (χ3v) is 5.25. The molecule has 1 fully saturated rings. The number of carboxylic acids is 1. The van der Waals surface area contributed by atoms with Gasteiger partial charge in [0.15, 0.2) is 0 Å². The molecule has 0 spiro atoms. The van der Waals surface area contributed by atoms with Gasteiger partial charge in [-0.25, -0.2) is 17.2 Å². The van der Waals surface area contributed by atoms with Gasteiger partial charge in [-0.3, -0.25) is 9.48 Å². The summed E-state index contributed by atoms with van der Waals surface area (Å²) in [6, 6.07) is 0. The second-order valence-electron chi connectivity index (χ2n) is 5.03. The van der Waals surface area contributed by atoms with Crippen molar-refractivity contribution in [2.75, 3.05) is 13.1 Å². The van der Waals surface area contributed by atoms with Gasteiger partial charge in [-0.05, 0) is 5.92 Å². The lowest BCUT2D eigenvalue weighted by atomic mass is 9.99. The number of hydrogen-bond acceptors (Lipinski definition) is 4. The van der Waals surface area contributed by atoms with Crippen LogP contribution in [0, 0.1) is 11.8 Å². The SMILES string of the molecule is C[C@@H]1CN(S(=O)(=O)c2cnn(CC(F)F)c2)C[C@H]1C(=O)O. The molecule has 1 N–H and O–H groups in total. The lowest BCUT2D eigenvalue weighted by Crippen LogP contribution is -2.29. The molecule has 0 aromatic carbocycles. The maximum absolute atomic E-state index is 12.3. The molecule has 0 unspecified atom stereocenters. The number of aromatic nitrogens is 2. The smallest absolute Gasteiger partial charge is 0.308 e. The first-order chi connectivity index (χ1) is 9.71. The van der Waals surface area contributed by atoms with Gasteiger partial charge in [0.25, 0.3) is 6.43 Å². The summed E-state index contributed by atoms with van der Waals surface area (Å²) in [5, 5.41) is 12.6. The van der Waals surface area contributed by atoms with Gasteiger partial charge in [0.05, 0.1) is 12.1 Å². The lowest BCUT2D eigenvalue weighted by Gasteiger charge is -2.14. The molecule has 1 aromatic heterocycles. The standard InChI is InChI=1S/C11H15F2N3O4S/c1-7-3-16(5-9(7)11(17)18)21(19,20)8-2-14-15(4-8)6-10(12)13/h2,4,7,9-10H,3,5-6H2,1H3,(H,17,18)/t7-,9-/m1/s1. The molecule has 21 heavy (non-hydrogen) atoms. The number of nitrogens with zero attached hydrogens (tertiary/aromatic N) is 3. The second kappa shape index (κ2) is 5.68. The molecule has 1 aromatic rings. The summed E-state index contributed by atoms with van der Waals surface area (Å²) < 4.78 is 51.1. The van der Waals surface area contributed by atoms with E-state index in [1.807, 2.05) is 0 Å². The summed E-state index contributed by atoms with van der Waals surface area (Å²) in [5.41, 5.74) is 0. The molecular formula is C11H15F2N3O4S. The monoisotopic (exact) mass is 323 g/mol. The van der Waals surface area contributed by atoms with Gasteiger partial charge in [-0.15, -0.1) is 0 Å². The Morgan fingerprint density at radius 1 is 1.52 bits per heavy atom. The van der Waals surface area contributed by atoms with Crippen LogP contribution in [0.25, 0.3) is 0 Å². The number of carbonyl (C=O) groups is 1. The van der Waals surface area contributed by atoms with E-state index >= 15 is 0 Å². The zero-order valence-electron chi connectivity index (χ0n) is 11.2. The third kappa shape index (κ3) is 3.21. The van der Waals surface area contributed by atoms with Crippen molar-refractivity contribution < 1.29 is 27.1 Å². The highest BCUT2D eigenvalue weighted by molar-refractivity contribution is 7.89. The summed E-state index contributed by atoms with van der Waals surface area (Å²) in [7, 11) is -3.91. The number of carboxylic acid groups (broad SMARTS) is 1. The largest absolute Gasteiger partial charge is 0.481 e. The molecule has 0 saturated carbocycles. The van der Waals surface area contributed by atoms with E-state index in [1.54, 1.807) is 6.92 Å². The highest BCUT2D eigenvalue weighted by atomic mass is 32.2. The minimum Gasteiger partial charge on any atom is -0.481 e. The third-order valence-electron chi connectivity index (χ3n) is 3.47. The summed E-state index contributed by atoms with van der Waals surface area (Å²) in [6.45, 7) is 0.927. The molecule has 0 amide bonds. The van der Waals surface area contributed by atoms with E-state index in [2.05, 4.69) is 5.10 Å². The van der Waals surface area contributed by atoms with Crippen LogP contribution in [0.15, 0.2) is 17.3 Å². The number of halogens is 2. The van der Waals surface area contributed by atoms with Crippen molar-refractivity contribution in [3.05, 3.63) is 12.4 Å². The Balaban J connectivity index is 2.19. The zero-order chi connectivity index (χ0) is 15.8. The Kier molecular flexibility index (Phi) is 4.28. The molecule has 2 heterocycles. The van der Waals surface area contributed by atoms with E-state index in [4.69, 9.17) is 5.11 Å². The van der Waals surface area contributed by atoms with Gasteiger partial charge in [0.2, 0.25) is 10.0 Å². The summed E-state index contributed by atoms with van der Waals surface area (Å²) in [4.78, 5) is 10.8. The average molecular weight is 323 g/mol. The van der Waals surface area contributed by atoms with Crippen LogP contribution in [0.3, 0.4) is 0 Å². The van der Waals surface area contributed by atoms with E-state index in [-0.39, 0.29) is 23.9 Å². The highest BCUT2D eigenvalue weighted by Crippen LogP contribution is 2.28. The number of rotatable bonds is 5. The number of sulfonamides is 1. The predicted molar refractivity (Wildman–Crippen MR) is 67.3 cm³/mol. The summed E-state index contributed by atoms with van der Waals surface area (Å²) in [5.74, 6) is -2.13. The minimum absolute atomic E-state index is 0.0827. The van der Waals surface area contributed by atoms with E-state index < -0.39 is 34.9 Å². The molecule has 7 nitrogen and oxygen atoms in total. The van der Waals surface area contributed by atoms with Crippen LogP contribution in [0.5, 0.6) is 0 Å². The number of aliphatic carboxylic acids is 1. The van der Waals surface area contributed by atoms with E-state index in [0.29, 0.717) is 0 Å². The Labute approximate surface area is 120 Å². The predicted octanol–water partition coefficient (Wildman–Crippen LogP) is 0.489. The van der Waals surface area contributed by atoms with Gasteiger partial charge in [0.1, 0.15) is 11.4 Å². The topological polar surface area (TPSA) is 92.5 Å². The maximum Gasteiger partial charge on any atom is 0.308 e. The zero-order valence-corrected chi connectivity index (χ0v) is 12.0. The molecule has 1 aliphatic rings. The van der Waals surface area contributed by atoms with Crippen molar-refractivity contribution in [2.45, 2.75) is 24.8 Å². The Hall–Kier alpha value is -1.55. The molecular weight excluding hydrogens is 308 g/mol. The fourth-order valence-corrected chi connectivity index (χ4v) is 3.83. The lowest BCUT2D eigenvalue weighted by molar-refractivity contribution is -0.142. The van der Waals surface area contributed by atoms with Gasteiger partial charge in [-0.1, -0.05) is 6.92 Å². The van der Waals surface area contributed by atoms with Crippen LogP contribution < -0.4 is 0 Å². The molecule has 118 valence electrons. The molecule has 2 atom stereocenters. The van der Waals surface area contributed by atoms with Crippen LogP contribution >= 0.6 is 0 Å². The minimum atomic E-state index is -3.91. The van der Waals surface area contributed by atoms with Gasteiger partial charge in [0, 0.05) is 19.3 Å². The fraction of sp³-hybridized carbons (Fsp3) is 0.636. The van der Waals surface area contributed by atoms with Crippen molar-refractivity contribution in [2.24, 2.45) is 11.8 Å². The van der Waals surface area contributed by atoms with Crippen molar-refractivity contribution in [3.8, 4) is 0 Å². The molecule has 2 rings (SSSR count). The molecule has 1 saturated heterocycles.